The summed E-state index contributed by atoms with van der Waals surface area (Å²) in [4.78, 5) is 35.7. The molecule has 11 nitrogen and oxygen atoms in total. The van der Waals surface area contributed by atoms with Crippen LogP contribution in [0.3, 0.4) is 0 Å². The summed E-state index contributed by atoms with van der Waals surface area (Å²) in [5.41, 5.74) is 0. The molecular formula is C5H16O11P2. The zero-order valence-corrected chi connectivity index (χ0v) is 11.3. The van der Waals surface area contributed by atoms with Gasteiger partial charge in [-0.25, -0.2) is 0 Å². The van der Waals surface area contributed by atoms with E-state index in [4.69, 9.17) is 34.9 Å². The van der Waals surface area contributed by atoms with E-state index in [2.05, 4.69) is 18.1 Å². The number of rotatable bonds is 7. The van der Waals surface area contributed by atoms with Crippen molar-refractivity contribution in [2.24, 2.45) is 0 Å². The Bertz CT molecular complexity index is 302. The van der Waals surface area contributed by atoms with Gasteiger partial charge in [0.25, 0.3) is 0 Å². The molecule has 1 unspecified atom stereocenters. The van der Waals surface area contributed by atoms with Crippen LogP contribution in [0.5, 0.6) is 0 Å². The van der Waals surface area contributed by atoms with Crippen molar-refractivity contribution in [3.63, 3.8) is 0 Å². The van der Waals surface area contributed by atoms with Gasteiger partial charge in [0, 0.05) is 0 Å². The molecule has 0 heterocycles. The average Bonchev–Trinajstić information content (AvgIpc) is 2.26. The quantitative estimate of drug-likeness (QED) is 0.169. The molecule has 0 aliphatic rings. The maximum atomic E-state index is 9.12. The van der Waals surface area contributed by atoms with Gasteiger partial charge in [-0.1, -0.05) is 0 Å². The van der Waals surface area contributed by atoms with Crippen molar-refractivity contribution in [2.45, 2.75) is 6.29 Å². The third-order valence-electron chi connectivity index (χ3n) is 1.48. The van der Waals surface area contributed by atoms with Crippen LogP contribution >= 0.6 is 16.3 Å². The van der Waals surface area contributed by atoms with E-state index in [1.165, 1.54) is 0 Å². The maximum absolute atomic E-state index is 9.12. The molecule has 0 saturated carbocycles. The van der Waals surface area contributed by atoms with Gasteiger partial charge in [0.15, 0.2) is 0 Å². The molecule has 13 heteroatoms. The Hall–Kier alpha value is -0.320. The van der Waals surface area contributed by atoms with Crippen LogP contribution in [0.25, 0.3) is 0 Å². The van der Waals surface area contributed by atoms with Crippen molar-refractivity contribution < 1.29 is 53.0 Å². The fourth-order valence-electron chi connectivity index (χ4n) is 0.575. The zero-order valence-electron chi connectivity index (χ0n) is 9.34. The third kappa shape index (κ3) is 6.03. The molecule has 0 amide bonds. The van der Waals surface area contributed by atoms with Gasteiger partial charge >= 0.3 is 102 Å². The second-order valence-electron chi connectivity index (χ2n) is 2.77. The summed E-state index contributed by atoms with van der Waals surface area (Å²) in [6.07, 6.45) is -2.42. The van der Waals surface area contributed by atoms with E-state index < -0.39 is 34.3 Å². The van der Waals surface area contributed by atoms with Gasteiger partial charge in [0.05, 0.1) is 0 Å². The van der Waals surface area contributed by atoms with Crippen LogP contribution in [0.4, 0.5) is 0 Å². The summed E-state index contributed by atoms with van der Waals surface area (Å²) < 4.78 is 16.2. The first-order valence-corrected chi connectivity index (χ1v) is 7.63. The van der Waals surface area contributed by atoms with E-state index in [-0.39, 0.29) is 0 Å². The molecule has 0 saturated heterocycles. The van der Waals surface area contributed by atoms with Gasteiger partial charge in [0.1, 0.15) is 0 Å². The molecule has 0 aromatic rings. The Morgan fingerprint density at radius 1 is 0.944 bits per heavy atom. The molecule has 0 spiro atoms. The molecule has 0 rings (SSSR count). The van der Waals surface area contributed by atoms with Crippen molar-refractivity contribution in [1.29, 1.82) is 0 Å². The van der Waals surface area contributed by atoms with Gasteiger partial charge in [-0.3, -0.25) is 0 Å². The molecule has 1 atom stereocenters. The van der Waals surface area contributed by atoms with Crippen molar-refractivity contribution in [2.75, 3.05) is 14.2 Å². The monoisotopic (exact) mass is 314 g/mol. The predicted molar refractivity (Wildman–Crippen MR) is 60.0 cm³/mol. The summed E-state index contributed by atoms with van der Waals surface area (Å²) in [5.74, 6) is -2.97. The van der Waals surface area contributed by atoms with Crippen LogP contribution in [0.2, 0.25) is 0 Å². The Morgan fingerprint density at radius 3 is 1.78 bits per heavy atom. The van der Waals surface area contributed by atoms with E-state index in [1.54, 1.807) is 0 Å². The SMILES string of the molecule is CO[PH](O)(O)O/C(O)=C(/O)C(O)O[PH](O)(O)OC. The summed E-state index contributed by atoms with van der Waals surface area (Å²) >= 11 is 0. The molecule has 18 heavy (non-hydrogen) atoms. The van der Waals surface area contributed by atoms with Crippen LogP contribution in [0.15, 0.2) is 11.7 Å². The molecule has 7 N–H and O–H groups in total. The molecule has 0 bridgehead atoms. The van der Waals surface area contributed by atoms with E-state index in [1.807, 2.05) is 0 Å². The molecule has 0 aromatic carbocycles. The van der Waals surface area contributed by atoms with Crippen molar-refractivity contribution in [1.82, 2.24) is 0 Å². The Labute approximate surface area is 102 Å². The van der Waals surface area contributed by atoms with E-state index in [0.717, 1.165) is 14.2 Å². The molecule has 0 fully saturated rings. The first kappa shape index (κ1) is 17.7. The summed E-state index contributed by atoms with van der Waals surface area (Å²) in [5, 5.41) is 27.3. The van der Waals surface area contributed by atoms with Gasteiger partial charge in [-0.2, -0.15) is 0 Å². The summed E-state index contributed by atoms with van der Waals surface area (Å²) in [6, 6.07) is 0. The van der Waals surface area contributed by atoms with Crippen molar-refractivity contribution in [3.05, 3.63) is 11.7 Å². The normalized spacial score (nSPS) is 17.9. The van der Waals surface area contributed by atoms with Gasteiger partial charge in [-0.15, -0.1) is 0 Å². The fourth-order valence-corrected chi connectivity index (χ4v) is 1.51. The number of aliphatic hydroxyl groups excluding tert-OH is 3. The second-order valence-corrected chi connectivity index (χ2v) is 6.22. The van der Waals surface area contributed by atoms with Crippen LogP contribution in [-0.2, 0) is 18.1 Å². The first-order valence-electron chi connectivity index (χ1n) is 4.21. The zero-order chi connectivity index (χ0) is 14.6. The van der Waals surface area contributed by atoms with E-state index >= 15 is 0 Å². The standard InChI is InChI=1S/C5H16O11P2/c1-13-17(9,10)15-4(7)3(6)5(8)16-18(11,12)14-2/h4,6-12,17-18H,1-2H3/b5-3+. The second kappa shape index (κ2) is 6.73. The van der Waals surface area contributed by atoms with Crippen molar-refractivity contribution >= 4 is 16.3 Å². The Morgan fingerprint density at radius 2 is 1.39 bits per heavy atom. The van der Waals surface area contributed by atoms with Crippen LogP contribution in [0, 0.1) is 0 Å². The fraction of sp³-hybridized carbons (Fsp3) is 0.600. The topological polar surface area (TPSA) is 179 Å². The number of hydrogen-bond acceptors (Lipinski definition) is 11. The molecule has 0 radical (unpaired) electrons. The minimum atomic E-state index is -4.70. The Balaban J connectivity index is 4.74. The van der Waals surface area contributed by atoms with E-state index in [9.17, 15) is 0 Å². The minimum absolute atomic E-state index is 0.855. The third-order valence-corrected chi connectivity index (χ3v) is 3.53. The molecule has 0 aliphatic carbocycles. The van der Waals surface area contributed by atoms with Crippen LogP contribution < -0.4 is 0 Å². The van der Waals surface area contributed by atoms with Crippen molar-refractivity contribution in [3.8, 4) is 0 Å². The van der Waals surface area contributed by atoms with Gasteiger partial charge in [-0.05, 0) is 0 Å². The molecule has 0 aliphatic heterocycles. The predicted octanol–water partition coefficient (Wildman–Crippen LogP) is -1.30. The number of hydrogen-bond donors (Lipinski definition) is 7. The van der Waals surface area contributed by atoms with Gasteiger partial charge in [0.2, 0.25) is 0 Å². The Kier molecular flexibility index (Phi) is 6.61. The first-order chi connectivity index (χ1) is 8.04. The average molecular weight is 314 g/mol. The molecule has 112 valence electrons. The van der Waals surface area contributed by atoms with Crippen LogP contribution in [-0.4, -0.2) is 55.4 Å². The van der Waals surface area contributed by atoms with Gasteiger partial charge < -0.3 is 0 Å². The van der Waals surface area contributed by atoms with E-state index in [0.29, 0.717) is 0 Å². The number of aliphatic hydroxyl groups is 3. The van der Waals surface area contributed by atoms with Crippen LogP contribution in [0.1, 0.15) is 0 Å². The molecular weight excluding hydrogens is 298 g/mol. The summed E-state index contributed by atoms with van der Waals surface area (Å²) in [6.45, 7) is 0. The summed E-state index contributed by atoms with van der Waals surface area (Å²) in [7, 11) is -7.65. The molecule has 0 aromatic heterocycles.